The summed E-state index contributed by atoms with van der Waals surface area (Å²) in [6, 6.07) is 6.04. The van der Waals surface area contributed by atoms with Gasteiger partial charge in [-0.1, -0.05) is 12.1 Å². The minimum absolute atomic E-state index is 0.201. The summed E-state index contributed by atoms with van der Waals surface area (Å²) >= 11 is 0. The van der Waals surface area contributed by atoms with Crippen molar-refractivity contribution in [3.05, 3.63) is 47.8 Å². The molecule has 6 nitrogen and oxygen atoms in total. The Bertz CT molecular complexity index is 756. The Hall–Kier alpha value is -2.84. The van der Waals surface area contributed by atoms with Crippen LogP contribution >= 0.6 is 0 Å². The number of aliphatic carboxylic acids is 1. The normalized spacial score (nSPS) is 12.7. The number of benzene rings is 1. The molecule has 0 radical (unpaired) electrons. The molecule has 1 amide bonds. The first-order valence-corrected chi connectivity index (χ1v) is 6.91. The summed E-state index contributed by atoms with van der Waals surface area (Å²) in [5, 5.41) is 14.6. The second-order valence-electron chi connectivity index (χ2n) is 5.11. The van der Waals surface area contributed by atoms with Crippen LogP contribution in [0.2, 0.25) is 0 Å². The summed E-state index contributed by atoms with van der Waals surface area (Å²) in [6.45, 7) is 1.41. The number of alkyl halides is 3. The molecule has 9 heteroatoms. The quantitative estimate of drug-likeness (QED) is 0.876. The number of rotatable bonds is 5. The predicted octanol–water partition coefficient (Wildman–Crippen LogP) is 2.73. The number of aromatic nitrogens is 2. The maximum absolute atomic E-state index is 12.5. The number of carboxylic acid groups (broad SMARTS) is 1. The molecule has 1 heterocycles. The fraction of sp³-hybridized carbons (Fsp3) is 0.267. The Morgan fingerprint density at radius 1 is 1.33 bits per heavy atom. The van der Waals surface area contributed by atoms with Gasteiger partial charge in [-0.3, -0.25) is 14.3 Å². The van der Waals surface area contributed by atoms with Gasteiger partial charge < -0.3 is 10.4 Å². The van der Waals surface area contributed by atoms with E-state index in [9.17, 15) is 22.8 Å². The third kappa shape index (κ3) is 4.34. The number of hydrogen-bond acceptors (Lipinski definition) is 3. The molecule has 0 aliphatic carbocycles. The molecule has 2 rings (SSSR count). The molecule has 2 N–H and O–H groups in total. The Morgan fingerprint density at radius 2 is 2.04 bits per heavy atom. The molecule has 0 aliphatic rings. The molecule has 1 atom stereocenters. The average Bonchev–Trinajstić information content (AvgIpc) is 2.95. The standard InChI is InChI=1S/C15H14F3N3O3/c1-9(21-6-5-12(20-21)15(16,17)18)14(24)19-11-4-2-3-10(7-11)8-13(22)23/h2-7,9H,8H2,1H3,(H,19,24)(H,22,23). The Labute approximate surface area is 134 Å². The number of nitrogens with zero attached hydrogens (tertiary/aromatic N) is 2. The maximum Gasteiger partial charge on any atom is 0.435 e. The van der Waals surface area contributed by atoms with Gasteiger partial charge in [0, 0.05) is 11.9 Å². The Balaban J connectivity index is 2.09. The van der Waals surface area contributed by atoms with Gasteiger partial charge in [-0.05, 0) is 30.7 Å². The van der Waals surface area contributed by atoms with Gasteiger partial charge in [0.25, 0.3) is 0 Å². The summed E-state index contributed by atoms with van der Waals surface area (Å²) in [7, 11) is 0. The molecule has 0 saturated heterocycles. The smallest absolute Gasteiger partial charge is 0.435 e. The highest BCUT2D eigenvalue weighted by molar-refractivity contribution is 5.93. The molecule has 0 fully saturated rings. The number of nitrogens with one attached hydrogen (secondary N) is 1. The molecular weight excluding hydrogens is 327 g/mol. The lowest BCUT2D eigenvalue weighted by Gasteiger charge is -2.13. The van der Waals surface area contributed by atoms with Crippen molar-refractivity contribution in [1.29, 1.82) is 0 Å². The monoisotopic (exact) mass is 341 g/mol. The topological polar surface area (TPSA) is 84.2 Å². The first kappa shape index (κ1) is 17.5. The van der Waals surface area contributed by atoms with Gasteiger partial charge in [0.2, 0.25) is 5.91 Å². The second kappa shape index (κ2) is 6.73. The van der Waals surface area contributed by atoms with E-state index >= 15 is 0 Å². The molecule has 0 bridgehead atoms. The lowest BCUT2D eigenvalue weighted by atomic mass is 10.1. The third-order valence-corrected chi connectivity index (χ3v) is 3.22. The van der Waals surface area contributed by atoms with Gasteiger partial charge in [0.15, 0.2) is 5.69 Å². The highest BCUT2D eigenvalue weighted by Crippen LogP contribution is 2.28. The van der Waals surface area contributed by atoms with Crippen LogP contribution in [0.4, 0.5) is 18.9 Å². The molecule has 1 aromatic heterocycles. The number of hydrogen-bond donors (Lipinski definition) is 2. The van der Waals surface area contributed by atoms with Crippen molar-refractivity contribution in [3.63, 3.8) is 0 Å². The molecule has 1 aromatic carbocycles. The number of carbonyl (C=O) groups excluding carboxylic acids is 1. The van der Waals surface area contributed by atoms with E-state index in [2.05, 4.69) is 10.4 Å². The molecule has 0 saturated carbocycles. The van der Waals surface area contributed by atoms with E-state index in [1.165, 1.54) is 13.0 Å². The fourth-order valence-electron chi connectivity index (χ4n) is 2.01. The zero-order valence-corrected chi connectivity index (χ0v) is 12.5. The predicted molar refractivity (Wildman–Crippen MR) is 78.4 cm³/mol. The minimum atomic E-state index is -4.58. The van der Waals surface area contributed by atoms with Crippen LogP contribution in [0.5, 0.6) is 0 Å². The first-order valence-electron chi connectivity index (χ1n) is 6.91. The van der Waals surface area contributed by atoms with Crippen LogP contribution in [-0.2, 0) is 22.2 Å². The minimum Gasteiger partial charge on any atom is -0.481 e. The summed E-state index contributed by atoms with van der Waals surface area (Å²) in [5.41, 5.74) is -0.231. The summed E-state index contributed by atoms with van der Waals surface area (Å²) < 4.78 is 38.5. The van der Waals surface area contributed by atoms with Crippen molar-refractivity contribution in [2.24, 2.45) is 0 Å². The van der Waals surface area contributed by atoms with E-state index in [0.29, 0.717) is 11.3 Å². The molecule has 24 heavy (non-hydrogen) atoms. The zero-order chi connectivity index (χ0) is 17.9. The number of amides is 1. The van der Waals surface area contributed by atoms with Crippen LogP contribution < -0.4 is 5.32 Å². The molecule has 0 aliphatic heterocycles. The van der Waals surface area contributed by atoms with E-state index in [-0.39, 0.29) is 6.42 Å². The van der Waals surface area contributed by atoms with Crippen molar-refractivity contribution >= 4 is 17.6 Å². The molecular formula is C15H14F3N3O3. The fourth-order valence-corrected chi connectivity index (χ4v) is 2.01. The highest BCUT2D eigenvalue weighted by Gasteiger charge is 2.34. The van der Waals surface area contributed by atoms with Gasteiger partial charge in [-0.25, -0.2) is 0 Å². The van der Waals surface area contributed by atoms with E-state index in [4.69, 9.17) is 5.11 Å². The summed E-state index contributed by atoms with van der Waals surface area (Å²) in [6.07, 6.45) is -3.70. The van der Waals surface area contributed by atoms with Gasteiger partial charge >= 0.3 is 12.1 Å². The van der Waals surface area contributed by atoms with E-state index in [0.717, 1.165) is 16.9 Å². The lowest BCUT2D eigenvalue weighted by Crippen LogP contribution is -2.24. The number of carboxylic acids is 1. The van der Waals surface area contributed by atoms with Crippen LogP contribution in [0.1, 0.15) is 24.2 Å². The number of carbonyl (C=O) groups is 2. The third-order valence-electron chi connectivity index (χ3n) is 3.22. The molecule has 0 spiro atoms. The van der Waals surface area contributed by atoms with E-state index < -0.39 is 29.8 Å². The summed E-state index contributed by atoms with van der Waals surface area (Å²) in [5.74, 6) is -1.58. The average molecular weight is 341 g/mol. The summed E-state index contributed by atoms with van der Waals surface area (Å²) in [4.78, 5) is 22.8. The van der Waals surface area contributed by atoms with Crippen molar-refractivity contribution in [3.8, 4) is 0 Å². The number of anilines is 1. The zero-order valence-electron chi connectivity index (χ0n) is 12.5. The number of halogens is 3. The first-order chi connectivity index (χ1) is 11.2. The highest BCUT2D eigenvalue weighted by atomic mass is 19.4. The SMILES string of the molecule is CC(C(=O)Nc1cccc(CC(=O)O)c1)n1ccc(C(F)(F)F)n1. The van der Waals surface area contributed by atoms with Crippen LogP contribution in [0, 0.1) is 0 Å². The lowest BCUT2D eigenvalue weighted by molar-refractivity contribution is -0.142. The Kier molecular flexibility index (Phi) is 4.91. The van der Waals surface area contributed by atoms with Gasteiger partial charge in [-0.15, -0.1) is 0 Å². The van der Waals surface area contributed by atoms with Crippen LogP contribution in [0.15, 0.2) is 36.5 Å². The van der Waals surface area contributed by atoms with Crippen LogP contribution in [-0.4, -0.2) is 26.8 Å². The van der Waals surface area contributed by atoms with Crippen molar-refractivity contribution in [2.45, 2.75) is 25.6 Å². The largest absolute Gasteiger partial charge is 0.481 e. The second-order valence-corrected chi connectivity index (χ2v) is 5.11. The Morgan fingerprint density at radius 3 is 2.62 bits per heavy atom. The van der Waals surface area contributed by atoms with E-state index in [1.54, 1.807) is 18.2 Å². The maximum atomic E-state index is 12.5. The van der Waals surface area contributed by atoms with Crippen molar-refractivity contribution in [2.75, 3.05) is 5.32 Å². The molecule has 1 unspecified atom stereocenters. The van der Waals surface area contributed by atoms with Gasteiger partial charge in [-0.2, -0.15) is 18.3 Å². The molecule has 128 valence electrons. The van der Waals surface area contributed by atoms with Crippen LogP contribution in [0.25, 0.3) is 0 Å². The molecule has 2 aromatic rings. The van der Waals surface area contributed by atoms with E-state index in [1.807, 2.05) is 0 Å². The van der Waals surface area contributed by atoms with Crippen molar-refractivity contribution in [1.82, 2.24) is 9.78 Å². The van der Waals surface area contributed by atoms with Crippen LogP contribution in [0.3, 0.4) is 0 Å². The van der Waals surface area contributed by atoms with Gasteiger partial charge in [0.05, 0.1) is 6.42 Å². The van der Waals surface area contributed by atoms with Crippen molar-refractivity contribution < 1.29 is 27.9 Å². The van der Waals surface area contributed by atoms with Gasteiger partial charge in [0.1, 0.15) is 6.04 Å².